The van der Waals surface area contributed by atoms with Crippen molar-refractivity contribution in [3.05, 3.63) is 45.3 Å². The largest absolute Gasteiger partial charge is 0.497 e. The third kappa shape index (κ3) is 3.87. The van der Waals surface area contributed by atoms with E-state index < -0.39 is 0 Å². The van der Waals surface area contributed by atoms with Crippen molar-refractivity contribution in [2.75, 3.05) is 40.4 Å². The average Bonchev–Trinajstić information content (AvgIpc) is 2.97. The molecule has 0 N–H and O–H groups in total. The molecule has 1 aromatic carbocycles. The molecule has 8 heteroatoms. The van der Waals surface area contributed by atoms with Crippen molar-refractivity contribution in [2.24, 2.45) is 0 Å². The number of rotatable bonds is 4. The van der Waals surface area contributed by atoms with Gasteiger partial charge in [0.25, 0.3) is 11.8 Å². The van der Waals surface area contributed by atoms with E-state index in [1.807, 2.05) is 6.92 Å². The first-order chi connectivity index (χ1) is 13.3. The van der Waals surface area contributed by atoms with Gasteiger partial charge in [-0.2, -0.15) is 0 Å². The number of halogens is 1. The Bertz CT molecular complexity index is 878. The lowest BCUT2D eigenvalue weighted by Gasteiger charge is -2.35. The van der Waals surface area contributed by atoms with E-state index in [4.69, 9.17) is 13.9 Å². The number of benzene rings is 1. The number of carbonyl (C=O) groups is 2. The van der Waals surface area contributed by atoms with Gasteiger partial charge in [-0.25, -0.2) is 0 Å². The Morgan fingerprint density at radius 3 is 1.82 bits per heavy atom. The maximum Gasteiger partial charge on any atom is 0.258 e. The second-order valence-electron chi connectivity index (χ2n) is 6.59. The summed E-state index contributed by atoms with van der Waals surface area (Å²) in [4.78, 5) is 29.2. The number of piperazine rings is 1. The van der Waals surface area contributed by atoms with Crippen LogP contribution in [0.25, 0.3) is 0 Å². The number of nitrogens with zero attached hydrogens (tertiary/aromatic N) is 2. The molecule has 2 aromatic rings. The number of amides is 2. The zero-order valence-electron chi connectivity index (χ0n) is 16.4. The van der Waals surface area contributed by atoms with Crippen LogP contribution in [0.3, 0.4) is 0 Å². The number of hydrogen-bond donors (Lipinski definition) is 0. The molecule has 1 fully saturated rings. The Balaban J connectivity index is 1.70. The van der Waals surface area contributed by atoms with Crippen molar-refractivity contribution in [1.82, 2.24) is 9.80 Å². The highest BCUT2D eigenvalue weighted by Gasteiger charge is 2.29. The van der Waals surface area contributed by atoms with Crippen LogP contribution in [0.1, 0.15) is 32.2 Å². The number of methoxy groups -OCH3 is 2. The normalized spacial score (nSPS) is 14.2. The summed E-state index contributed by atoms with van der Waals surface area (Å²) < 4.78 is 16.7. The molecular weight excluding hydrogens is 428 g/mol. The fraction of sp³-hybridized carbons (Fsp3) is 0.400. The Kier molecular flexibility index (Phi) is 5.98. The van der Waals surface area contributed by atoms with Gasteiger partial charge in [0, 0.05) is 37.8 Å². The highest BCUT2D eigenvalue weighted by Crippen LogP contribution is 2.29. The molecule has 0 aliphatic carbocycles. The van der Waals surface area contributed by atoms with Crippen LogP contribution in [-0.2, 0) is 0 Å². The fourth-order valence-corrected chi connectivity index (χ4v) is 3.81. The zero-order chi connectivity index (χ0) is 20.4. The number of furan rings is 1. The van der Waals surface area contributed by atoms with Gasteiger partial charge in [-0.15, -0.1) is 0 Å². The zero-order valence-corrected chi connectivity index (χ0v) is 18.0. The quantitative estimate of drug-likeness (QED) is 0.714. The van der Waals surface area contributed by atoms with Gasteiger partial charge in [0.05, 0.1) is 24.3 Å². The third-order valence-electron chi connectivity index (χ3n) is 4.85. The van der Waals surface area contributed by atoms with Crippen LogP contribution >= 0.6 is 15.9 Å². The molecular formula is C20H23BrN2O5. The van der Waals surface area contributed by atoms with Gasteiger partial charge < -0.3 is 23.7 Å². The lowest BCUT2D eigenvalue weighted by molar-refractivity contribution is 0.0533. The Morgan fingerprint density at radius 1 is 0.893 bits per heavy atom. The van der Waals surface area contributed by atoms with Crippen molar-refractivity contribution in [1.29, 1.82) is 0 Å². The fourth-order valence-electron chi connectivity index (χ4n) is 3.28. The van der Waals surface area contributed by atoms with Gasteiger partial charge in [0.1, 0.15) is 23.0 Å². The second kappa shape index (κ2) is 8.26. The maximum absolute atomic E-state index is 12.9. The monoisotopic (exact) mass is 450 g/mol. The predicted molar refractivity (Wildman–Crippen MR) is 107 cm³/mol. The van der Waals surface area contributed by atoms with E-state index in [1.165, 1.54) is 0 Å². The molecule has 0 unspecified atom stereocenters. The molecule has 1 aliphatic rings. The highest BCUT2D eigenvalue weighted by molar-refractivity contribution is 9.10. The van der Waals surface area contributed by atoms with Gasteiger partial charge in [0.2, 0.25) is 0 Å². The highest BCUT2D eigenvalue weighted by atomic mass is 79.9. The molecule has 2 heterocycles. The lowest BCUT2D eigenvalue weighted by Crippen LogP contribution is -2.50. The Labute approximate surface area is 172 Å². The van der Waals surface area contributed by atoms with E-state index in [2.05, 4.69) is 15.9 Å². The summed E-state index contributed by atoms with van der Waals surface area (Å²) in [5, 5.41) is 0. The topological polar surface area (TPSA) is 72.2 Å². The number of carbonyl (C=O) groups excluding carboxylic acids is 2. The van der Waals surface area contributed by atoms with Crippen molar-refractivity contribution in [3.8, 4) is 11.5 Å². The summed E-state index contributed by atoms with van der Waals surface area (Å²) in [5.41, 5.74) is 1.05. The number of aryl methyl sites for hydroxylation is 2. The summed E-state index contributed by atoms with van der Waals surface area (Å²) in [5.74, 6) is 2.20. The van der Waals surface area contributed by atoms with Gasteiger partial charge in [0.15, 0.2) is 0 Å². The van der Waals surface area contributed by atoms with Gasteiger partial charge in [-0.1, -0.05) is 0 Å². The van der Waals surface area contributed by atoms with Crippen molar-refractivity contribution in [2.45, 2.75) is 13.8 Å². The van der Waals surface area contributed by atoms with Crippen LogP contribution in [0.2, 0.25) is 0 Å². The Morgan fingerprint density at radius 2 is 1.39 bits per heavy atom. The first kappa shape index (κ1) is 20.3. The lowest BCUT2D eigenvalue weighted by atomic mass is 10.1. The summed E-state index contributed by atoms with van der Waals surface area (Å²) >= 11 is 3.43. The summed E-state index contributed by atoms with van der Waals surface area (Å²) in [6, 6.07) is 5.11. The Hall–Kier alpha value is -2.48. The molecule has 1 aromatic heterocycles. The molecule has 150 valence electrons. The minimum absolute atomic E-state index is 0.0867. The molecule has 7 nitrogen and oxygen atoms in total. The van der Waals surface area contributed by atoms with Gasteiger partial charge >= 0.3 is 0 Å². The molecule has 1 aliphatic heterocycles. The second-order valence-corrected chi connectivity index (χ2v) is 7.38. The van der Waals surface area contributed by atoms with Gasteiger partial charge in [-0.3, -0.25) is 9.59 Å². The van der Waals surface area contributed by atoms with E-state index in [1.54, 1.807) is 49.1 Å². The molecule has 28 heavy (non-hydrogen) atoms. The van der Waals surface area contributed by atoms with E-state index in [0.717, 1.165) is 0 Å². The van der Waals surface area contributed by atoms with Crippen molar-refractivity contribution in [3.63, 3.8) is 0 Å². The third-order valence-corrected chi connectivity index (χ3v) is 5.81. The van der Waals surface area contributed by atoms with Crippen LogP contribution in [0.5, 0.6) is 11.5 Å². The van der Waals surface area contributed by atoms with E-state index >= 15 is 0 Å². The summed E-state index contributed by atoms with van der Waals surface area (Å²) in [7, 11) is 3.09. The minimum Gasteiger partial charge on any atom is -0.497 e. The molecule has 0 spiro atoms. The minimum atomic E-state index is -0.110. The van der Waals surface area contributed by atoms with Crippen LogP contribution in [0.4, 0.5) is 0 Å². The molecule has 0 radical (unpaired) electrons. The first-order valence-corrected chi connectivity index (χ1v) is 9.72. The summed E-state index contributed by atoms with van der Waals surface area (Å²) in [6.07, 6.45) is 0. The number of ether oxygens (including phenoxy) is 2. The standard InChI is InChI=1S/C20H23BrN2O5/c1-12-17(18(21)13(2)28-12)20(25)23-7-5-22(6-8-23)19(24)14-9-15(26-3)11-16(10-14)27-4/h9-11H,5-8H2,1-4H3. The van der Waals surface area contributed by atoms with Crippen LogP contribution in [-0.4, -0.2) is 62.0 Å². The van der Waals surface area contributed by atoms with E-state index in [-0.39, 0.29) is 11.8 Å². The molecule has 1 saturated heterocycles. The maximum atomic E-state index is 12.9. The number of hydrogen-bond acceptors (Lipinski definition) is 5. The molecule has 0 atom stereocenters. The van der Waals surface area contributed by atoms with Crippen LogP contribution in [0, 0.1) is 13.8 Å². The first-order valence-electron chi connectivity index (χ1n) is 8.92. The average molecular weight is 451 g/mol. The van der Waals surface area contributed by atoms with E-state index in [0.29, 0.717) is 64.8 Å². The molecule has 3 rings (SSSR count). The predicted octanol–water partition coefficient (Wildman–Crippen LogP) is 3.27. The molecule has 0 saturated carbocycles. The summed E-state index contributed by atoms with van der Waals surface area (Å²) in [6.45, 7) is 5.42. The van der Waals surface area contributed by atoms with Crippen molar-refractivity contribution < 1.29 is 23.5 Å². The van der Waals surface area contributed by atoms with E-state index in [9.17, 15) is 9.59 Å². The van der Waals surface area contributed by atoms with Crippen LogP contribution < -0.4 is 9.47 Å². The van der Waals surface area contributed by atoms with Crippen molar-refractivity contribution >= 4 is 27.7 Å². The molecule has 0 bridgehead atoms. The van der Waals surface area contributed by atoms with Gasteiger partial charge in [-0.05, 0) is 41.9 Å². The smallest absolute Gasteiger partial charge is 0.258 e. The molecule has 2 amide bonds. The van der Waals surface area contributed by atoms with Crippen LogP contribution in [0.15, 0.2) is 27.1 Å². The SMILES string of the molecule is COc1cc(OC)cc(C(=O)N2CCN(C(=O)c3c(C)oc(C)c3Br)CC2)c1.